The van der Waals surface area contributed by atoms with Crippen molar-refractivity contribution in [3.63, 3.8) is 0 Å². The van der Waals surface area contributed by atoms with E-state index in [0.29, 0.717) is 11.7 Å². The first-order chi connectivity index (χ1) is 8.54. The highest BCUT2D eigenvalue weighted by atomic mass is 32.2. The number of carbonyl (C=O) groups is 1. The summed E-state index contributed by atoms with van der Waals surface area (Å²) in [5.41, 5.74) is 1.42. The molecule has 1 atom stereocenters. The third-order valence-electron chi connectivity index (χ3n) is 2.55. The Labute approximate surface area is 113 Å². The number of nitrogens with one attached hydrogen (secondary N) is 1. The summed E-state index contributed by atoms with van der Waals surface area (Å²) in [7, 11) is 3.45. The minimum Gasteiger partial charge on any atom is -0.382 e. The van der Waals surface area contributed by atoms with Crippen LogP contribution in [0.25, 0.3) is 0 Å². The second-order valence-corrected chi connectivity index (χ2v) is 5.44. The fourth-order valence-corrected chi connectivity index (χ4v) is 2.11. The molecule has 0 saturated carbocycles. The zero-order valence-corrected chi connectivity index (χ0v) is 12.3. The number of pyridine rings is 1. The molecule has 0 bridgehead atoms. The molecule has 18 heavy (non-hydrogen) atoms. The Morgan fingerprint density at radius 2 is 2.28 bits per heavy atom. The molecule has 0 fully saturated rings. The topological polar surface area (TPSA) is 45.2 Å². The van der Waals surface area contributed by atoms with Gasteiger partial charge in [0.1, 0.15) is 5.69 Å². The molecule has 1 aromatic rings. The standard InChI is InChI=1S/C13H21N3OS/c1-10(6-8-18-4)15-11-5-7-14-12(9-11)13(17)16(2)3/h5,7,9-10H,6,8H2,1-4H3,(H,14,15). The van der Waals surface area contributed by atoms with Crippen LogP contribution in [0, 0.1) is 0 Å². The monoisotopic (exact) mass is 267 g/mol. The van der Waals surface area contributed by atoms with E-state index in [9.17, 15) is 4.79 Å². The second-order valence-electron chi connectivity index (χ2n) is 4.46. The summed E-state index contributed by atoms with van der Waals surface area (Å²) in [5.74, 6) is 1.05. The van der Waals surface area contributed by atoms with Gasteiger partial charge >= 0.3 is 0 Å². The Bertz CT molecular complexity index is 396. The Kier molecular flexibility index (Phi) is 5.98. The van der Waals surface area contributed by atoms with Crippen LogP contribution >= 0.6 is 11.8 Å². The molecule has 0 spiro atoms. The van der Waals surface area contributed by atoms with Gasteiger partial charge in [-0.25, -0.2) is 0 Å². The summed E-state index contributed by atoms with van der Waals surface area (Å²) in [6.07, 6.45) is 4.87. The molecule has 1 aromatic heterocycles. The van der Waals surface area contributed by atoms with Crippen LogP contribution in [0.15, 0.2) is 18.3 Å². The third kappa shape index (κ3) is 4.56. The summed E-state index contributed by atoms with van der Waals surface area (Å²) >= 11 is 1.84. The van der Waals surface area contributed by atoms with Gasteiger partial charge in [-0.3, -0.25) is 9.78 Å². The minimum atomic E-state index is -0.0737. The van der Waals surface area contributed by atoms with E-state index >= 15 is 0 Å². The van der Waals surface area contributed by atoms with Crippen molar-refractivity contribution < 1.29 is 4.79 Å². The van der Waals surface area contributed by atoms with Gasteiger partial charge in [-0.1, -0.05) is 0 Å². The summed E-state index contributed by atoms with van der Waals surface area (Å²) in [6, 6.07) is 4.09. The Morgan fingerprint density at radius 1 is 1.56 bits per heavy atom. The van der Waals surface area contributed by atoms with Gasteiger partial charge in [-0.15, -0.1) is 0 Å². The number of hydrogen-bond donors (Lipinski definition) is 1. The molecular weight excluding hydrogens is 246 g/mol. The van der Waals surface area contributed by atoms with E-state index in [0.717, 1.165) is 17.9 Å². The summed E-state index contributed by atoms with van der Waals surface area (Å²) in [4.78, 5) is 17.4. The molecule has 4 nitrogen and oxygen atoms in total. The molecule has 1 unspecified atom stereocenters. The molecule has 1 rings (SSSR count). The number of anilines is 1. The predicted octanol–water partition coefficient (Wildman–Crippen LogP) is 2.34. The van der Waals surface area contributed by atoms with Crippen LogP contribution in [0.1, 0.15) is 23.8 Å². The molecule has 1 heterocycles. The minimum absolute atomic E-state index is 0.0737. The van der Waals surface area contributed by atoms with Crippen molar-refractivity contribution in [3.8, 4) is 0 Å². The zero-order chi connectivity index (χ0) is 13.5. The number of aromatic nitrogens is 1. The maximum atomic E-state index is 11.8. The molecule has 0 aliphatic heterocycles. The van der Waals surface area contributed by atoms with Gasteiger partial charge in [0, 0.05) is 32.0 Å². The van der Waals surface area contributed by atoms with Crippen LogP contribution in [0.3, 0.4) is 0 Å². The van der Waals surface area contributed by atoms with E-state index in [4.69, 9.17) is 0 Å². The number of nitrogens with zero attached hydrogens (tertiary/aromatic N) is 2. The van der Waals surface area contributed by atoms with Gasteiger partial charge in [-0.05, 0) is 37.5 Å². The van der Waals surface area contributed by atoms with Gasteiger partial charge in [0.25, 0.3) is 5.91 Å². The number of thioether (sulfide) groups is 1. The lowest BCUT2D eigenvalue weighted by atomic mass is 10.2. The summed E-state index contributed by atoms with van der Waals surface area (Å²) in [5, 5.41) is 3.39. The van der Waals surface area contributed by atoms with E-state index in [1.807, 2.05) is 17.8 Å². The van der Waals surface area contributed by atoms with Crippen molar-refractivity contribution in [1.82, 2.24) is 9.88 Å². The average Bonchev–Trinajstić information content (AvgIpc) is 2.35. The van der Waals surface area contributed by atoms with Crippen molar-refractivity contribution in [2.24, 2.45) is 0 Å². The first kappa shape index (κ1) is 14.8. The largest absolute Gasteiger partial charge is 0.382 e. The lowest BCUT2D eigenvalue weighted by Crippen LogP contribution is -2.23. The van der Waals surface area contributed by atoms with Crippen LogP contribution in [-0.4, -0.2) is 47.9 Å². The van der Waals surface area contributed by atoms with Crippen molar-refractivity contribution in [1.29, 1.82) is 0 Å². The highest BCUT2D eigenvalue weighted by molar-refractivity contribution is 7.98. The molecule has 0 aliphatic rings. The van der Waals surface area contributed by atoms with E-state index < -0.39 is 0 Å². The second kappa shape index (κ2) is 7.26. The van der Waals surface area contributed by atoms with Crippen LogP contribution < -0.4 is 5.32 Å². The molecule has 1 amide bonds. The average molecular weight is 267 g/mol. The van der Waals surface area contributed by atoms with E-state index in [1.165, 1.54) is 4.90 Å². The molecule has 0 saturated heterocycles. The highest BCUT2D eigenvalue weighted by Crippen LogP contribution is 2.12. The molecule has 5 heteroatoms. The van der Waals surface area contributed by atoms with Crippen molar-refractivity contribution in [3.05, 3.63) is 24.0 Å². The Hall–Kier alpha value is -1.23. The van der Waals surface area contributed by atoms with Crippen LogP contribution in [0.5, 0.6) is 0 Å². The normalized spacial score (nSPS) is 12.0. The number of rotatable bonds is 6. The quantitative estimate of drug-likeness (QED) is 0.859. The van der Waals surface area contributed by atoms with Gasteiger partial charge in [-0.2, -0.15) is 11.8 Å². The lowest BCUT2D eigenvalue weighted by Gasteiger charge is -2.15. The first-order valence-electron chi connectivity index (χ1n) is 5.97. The van der Waals surface area contributed by atoms with Gasteiger partial charge in [0.2, 0.25) is 0 Å². The predicted molar refractivity (Wildman–Crippen MR) is 78.3 cm³/mol. The SMILES string of the molecule is CSCCC(C)Nc1ccnc(C(=O)N(C)C)c1. The number of amides is 1. The van der Waals surface area contributed by atoms with Gasteiger partial charge in [0.15, 0.2) is 0 Å². The van der Waals surface area contributed by atoms with Gasteiger partial charge < -0.3 is 10.2 Å². The number of hydrogen-bond acceptors (Lipinski definition) is 4. The lowest BCUT2D eigenvalue weighted by molar-refractivity contribution is 0.0822. The molecule has 0 aliphatic carbocycles. The molecule has 100 valence electrons. The number of carbonyl (C=O) groups excluding carboxylic acids is 1. The molecule has 1 N–H and O–H groups in total. The Balaban J connectivity index is 2.67. The maximum absolute atomic E-state index is 11.8. The van der Waals surface area contributed by atoms with Crippen LogP contribution in [0.2, 0.25) is 0 Å². The first-order valence-corrected chi connectivity index (χ1v) is 7.37. The fraction of sp³-hybridized carbons (Fsp3) is 0.538. The summed E-state index contributed by atoms with van der Waals surface area (Å²) in [6.45, 7) is 2.14. The van der Waals surface area contributed by atoms with Gasteiger partial charge in [0.05, 0.1) is 0 Å². The molecular formula is C13H21N3OS. The van der Waals surface area contributed by atoms with E-state index in [1.54, 1.807) is 26.4 Å². The fourth-order valence-electron chi connectivity index (χ4n) is 1.52. The molecule has 0 aromatic carbocycles. The maximum Gasteiger partial charge on any atom is 0.272 e. The zero-order valence-electron chi connectivity index (χ0n) is 11.4. The third-order valence-corrected chi connectivity index (χ3v) is 3.20. The van der Waals surface area contributed by atoms with Crippen molar-refractivity contribution >= 4 is 23.4 Å². The summed E-state index contributed by atoms with van der Waals surface area (Å²) < 4.78 is 0. The smallest absolute Gasteiger partial charge is 0.272 e. The van der Waals surface area contributed by atoms with Crippen molar-refractivity contribution in [2.45, 2.75) is 19.4 Å². The Morgan fingerprint density at radius 3 is 2.89 bits per heavy atom. The van der Waals surface area contributed by atoms with Crippen LogP contribution in [0.4, 0.5) is 5.69 Å². The van der Waals surface area contributed by atoms with E-state index in [-0.39, 0.29) is 5.91 Å². The molecule has 0 radical (unpaired) electrons. The van der Waals surface area contributed by atoms with Crippen LogP contribution in [-0.2, 0) is 0 Å². The van der Waals surface area contributed by atoms with Crippen molar-refractivity contribution in [2.75, 3.05) is 31.4 Å². The van der Waals surface area contributed by atoms with E-state index in [2.05, 4.69) is 23.5 Å². The highest BCUT2D eigenvalue weighted by Gasteiger charge is 2.10.